The van der Waals surface area contributed by atoms with Crippen molar-refractivity contribution in [1.82, 2.24) is 20.9 Å². The highest BCUT2D eigenvalue weighted by atomic mass is 35.5. The number of anilines is 1. The van der Waals surface area contributed by atoms with Crippen LogP contribution in [-0.2, 0) is 24.2 Å². The molecule has 2 saturated heterocycles. The second-order valence-electron chi connectivity index (χ2n) is 9.83. The van der Waals surface area contributed by atoms with Crippen molar-refractivity contribution in [2.75, 3.05) is 30.8 Å². The Bertz CT molecular complexity index is 1260. The van der Waals surface area contributed by atoms with Crippen molar-refractivity contribution in [3.8, 4) is 0 Å². The normalized spacial score (nSPS) is 25.8. The molecule has 0 radical (unpaired) electrons. The van der Waals surface area contributed by atoms with Crippen LogP contribution in [0.15, 0.2) is 29.6 Å². The van der Waals surface area contributed by atoms with Gasteiger partial charge in [0.15, 0.2) is 9.84 Å². The molecule has 1 aromatic carbocycles. The topological polar surface area (TPSA) is 137 Å². The monoisotopic (exact) mass is 539 g/mol. The Balaban J connectivity index is 1.13. The number of sulfone groups is 1. The smallest absolute Gasteiger partial charge is 0.272 e. The van der Waals surface area contributed by atoms with Gasteiger partial charge in [0.1, 0.15) is 22.0 Å². The summed E-state index contributed by atoms with van der Waals surface area (Å²) in [7, 11) is -3.13. The molecule has 13 heteroatoms. The molecule has 3 aliphatic heterocycles. The summed E-state index contributed by atoms with van der Waals surface area (Å²) in [6, 6.07) is 3.62. The third kappa shape index (κ3) is 4.40. The average Bonchev–Trinajstić information content (AvgIpc) is 3.30. The SMILES string of the molecule is O=C(NC1CCC(C(=O)Nc2ccc(F)cc2Cl)CC1)C1=C(C(=O)N2CC3(CCS3(=O)=O)C2)NCN1. The van der Waals surface area contributed by atoms with Crippen molar-refractivity contribution < 1.29 is 27.2 Å². The Morgan fingerprint density at radius 3 is 2.39 bits per heavy atom. The zero-order valence-electron chi connectivity index (χ0n) is 19.4. The minimum absolute atomic E-state index is 0.128. The first-order valence-electron chi connectivity index (χ1n) is 11.9. The molecular formula is C23H27ClFN5O5S. The maximum Gasteiger partial charge on any atom is 0.272 e. The molecule has 4 aliphatic rings. The van der Waals surface area contributed by atoms with Crippen LogP contribution in [0.1, 0.15) is 32.1 Å². The summed E-state index contributed by atoms with van der Waals surface area (Å²) in [6.07, 6.45) is 2.83. The summed E-state index contributed by atoms with van der Waals surface area (Å²) in [5.74, 6) is -1.59. The Morgan fingerprint density at radius 1 is 1.08 bits per heavy atom. The van der Waals surface area contributed by atoms with E-state index < -0.39 is 32.2 Å². The molecule has 1 spiro atoms. The van der Waals surface area contributed by atoms with Crippen LogP contribution in [-0.4, -0.2) is 67.3 Å². The molecule has 10 nitrogen and oxygen atoms in total. The highest BCUT2D eigenvalue weighted by Gasteiger charge is 2.61. The molecule has 0 atom stereocenters. The van der Waals surface area contributed by atoms with E-state index in [2.05, 4.69) is 21.3 Å². The van der Waals surface area contributed by atoms with Gasteiger partial charge in [0.25, 0.3) is 11.8 Å². The number of hydrogen-bond acceptors (Lipinski definition) is 7. The predicted molar refractivity (Wildman–Crippen MR) is 130 cm³/mol. The largest absolute Gasteiger partial charge is 0.362 e. The predicted octanol–water partition coefficient (Wildman–Crippen LogP) is 0.854. The lowest BCUT2D eigenvalue weighted by atomic mass is 9.85. The second-order valence-corrected chi connectivity index (χ2v) is 12.7. The van der Waals surface area contributed by atoms with Gasteiger partial charge < -0.3 is 26.2 Å². The van der Waals surface area contributed by atoms with Gasteiger partial charge in [-0.15, -0.1) is 0 Å². The summed E-state index contributed by atoms with van der Waals surface area (Å²) in [5.41, 5.74) is 0.636. The molecule has 0 aromatic heterocycles. The summed E-state index contributed by atoms with van der Waals surface area (Å²) >= 11 is 5.99. The first-order valence-corrected chi connectivity index (χ1v) is 13.9. The summed E-state index contributed by atoms with van der Waals surface area (Å²) in [4.78, 5) is 39.9. The Kier molecular flexibility index (Phi) is 6.36. The first-order chi connectivity index (χ1) is 17.1. The number of halogens is 2. The molecule has 3 fully saturated rings. The number of rotatable bonds is 5. The van der Waals surface area contributed by atoms with Crippen molar-refractivity contribution >= 4 is 44.8 Å². The van der Waals surface area contributed by atoms with Crippen molar-refractivity contribution in [1.29, 1.82) is 0 Å². The van der Waals surface area contributed by atoms with E-state index in [0.29, 0.717) is 37.8 Å². The van der Waals surface area contributed by atoms with Gasteiger partial charge in [-0.1, -0.05) is 11.6 Å². The molecule has 3 amide bonds. The molecule has 5 rings (SSSR count). The maximum atomic E-state index is 13.2. The van der Waals surface area contributed by atoms with Gasteiger partial charge in [-0.3, -0.25) is 14.4 Å². The molecule has 4 N–H and O–H groups in total. The van der Waals surface area contributed by atoms with Gasteiger partial charge >= 0.3 is 0 Å². The standard InChI is InChI=1S/C23H27ClFN5O5S/c24-16-9-14(25)3-6-17(16)29-20(31)13-1-4-15(5-2-13)28-21(32)18-19(27-12-26-18)22(33)30-10-23(11-30)7-8-36(23,34)35/h3,6,9,13,15,26-27H,1-2,4-5,7-8,10-12H2,(H,28,32)(H,29,31). The van der Waals surface area contributed by atoms with E-state index in [-0.39, 0.29) is 59.8 Å². The molecule has 36 heavy (non-hydrogen) atoms. The van der Waals surface area contributed by atoms with Crippen LogP contribution in [0.4, 0.5) is 10.1 Å². The summed E-state index contributed by atoms with van der Waals surface area (Å²) in [6.45, 7) is 0.535. The highest BCUT2D eigenvalue weighted by molar-refractivity contribution is 7.94. The third-order valence-corrected chi connectivity index (χ3v) is 10.4. The maximum absolute atomic E-state index is 13.2. The Morgan fingerprint density at radius 2 is 1.78 bits per heavy atom. The molecule has 1 saturated carbocycles. The minimum atomic E-state index is -3.13. The fourth-order valence-electron chi connectivity index (χ4n) is 5.22. The number of nitrogens with zero attached hydrogens (tertiary/aromatic N) is 1. The molecule has 1 aromatic rings. The van der Waals surface area contributed by atoms with Crippen LogP contribution in [0.5, 0.6) is 0 Å². The minimum Gasteiger partial charge on any atom is -0.362 e. The van der Waals surface area contributed by atoms with E-state index in [1.807, 2.05) is 0 Å². The number of amides is 3. The van der Waals surface area contributed by atoms with E-state index in [9.17, 15) is 27.2 Å². The van der Waals surface area contributed by atoms with Crippen molar-refractivity contribution in [2.45, 2.75) is 42.9 Å². The van der Waals surface area contributed by atoms with Crippen molar-refractivity contribution in [2.24, 2.45) is 5.92 Å². The number of nitrogens with one attached hydrogen (secondary N) is 4. The van der Waals surface area contributed by atoms with E-state index in [1.54, 1.807) is 0 Å². The molecule has 3 heterocycles. The van der Waals surface area contributed by atoms with Gasteiger partial charge in [-0.2, -0.15) is 0 Å². The average molecular weight is 540 g/mol. The third-order valence-electron chi connectivity index (χ3n) is 7.57. The Labute approximate surface area is 212 Å². The molecule has 194 valence electrons. The quantitative estimate of drug-likeness (QED) is 0.435. The zero-order chi connectivity index (χ0) is 25.7. The number of carbonyl (C=O) groups excluding carboxylic acids is 3. The second kappa shape index (κ2) is 9.22. The first kappa shape index (κ1) is 24.8. The van der Waals surface area contributed by atoms with Crippen LogP contribution in [0.2, 0.25) is 5.02 Å². The lowest BCUT2D eigenvalue weighted by molar-refractivity contribution is -0.133. The van der Waals surface area contributed by atoms with Crippen LogP contribution < -0.4 is 21.3 Å². The van der Waals surface area contributed by atoms with Crippen molar-refractivity contribution in [3.63, 3.8) is 0 Å². The molecule has 1 aliphatic carbocycles. The van der Waals surface area contributed by atoms with Crippen LogP contribution >= 0.6 is 11.6 Å². The van der Waals surface area contributed by atoms with Gasteiger partial charge in [-0.05, 0) is 50.3 Å². The molecule has 0 bridgehead atoms. The molecular weight excluding hydrogens is 513 g/mol. The number of carbonyl (C=O) groups is 3. The van der Waals surface area contributed by atoms with E-state index in [4.69, 9.17) is 11.6 Å². The van der Waals surface area contributed by atoms with E-state index >= 15 is 0 Å². The van der Waals surface area contributed by atoms with Crippen LogP contribution in [0.25, 0.3) is 0 Å². The highest BCUT2D eigenvalue weighted by Crippen LogP contribution is 2.42. The lowest BCUT2D eigenvalue weighted by Crippen LogP contribution is -2.73. The van der Waals surface area contributed by atoms with Crippen molar-refractivity contribution in [3.05, 3.63) is 40.4 Å². The van der Waals surface area contributed by atoms with Gasteiger partial charge in [-0.25, -0.2) is 12.8 Å². The fourth-order valence-corrected chi connectivity index (χ4v) is 7.25. The van der Waals surface area contributed by atoms with Crippen LogP contribution in [0, 0.1) is 11.7 Å². The molecule has 0 unspecified atom stereocenters. The van der Waals surface area contributed by atoms with Gasteiger partial charge in [0, 0.05) is 25.0 Å². The van der Waals surface area contributed by atoms with Crippen LogP contribution in [0.3, 0.4) is 0 Å². The number of likely N-dealkylation sites (tertiary alicyclic amines) is 1. The number of hydrogen-bond donors (Lipinski definition) is 4. The fraction of sp³-hybridized carbons (Fsp3) is 0.522. The summed E-state index contributed by atoms with van der Waals surface area (Å²) < 4.78 is 36.4. The van der Waals surface area contributed by atoms with E-state index in [1.165, 1.54) is 17.0 Å². The number of benzene rings is 1. The van der Waals surface area contributed by atoms with Gasteiger partial charge in [0.2, 0.25) is 5.91 Å². The zero-order valence-corrected chi connectivity index (χ0v) is 21.0. The lowest BCUT2D eigenvalue weighted by Gasteiger charge is -2.54. The van der Waals surface area contributed by atoms with E-state index in [0.717, 1.165) is 6.07 Å². The summed E-state index contributed by atoms with van der Waals surface area (Å²) in [5, 5.41) is 11.6. The Hall–Kier alpha value is -2.86. The van der Waals surface area contributed by atoms with Gasteiger partial charge in [0.05, 0.1) is 23.1 Å².